The normalized spacial score (nSPS) is 12.2. The van der Waals surface area contributed by atoms with Gasteiger partial charge >= 0.3 is 5.97 Å². The van der Waals surface area contributed by atoms with Gasteiger partial charge in [-0.1, -0.05) is 12.1 Å². The van der Waals surface area contributed by atoms with Gasteiger partial charge in [-0.3, -0.25) is 4.98 Å². The molecule has 0 saturated carbocycles. The Morgan fingerprint density at radius 3 is 3.10 bits per heavy atom. The Morgan fingerprint density at radius 1 is 1.35 bits per heavy atom. The lowest BCUT2D eigenvalue weighted by atomic mass is 9.89. The number of esters is 1. The Labute approximate surface area is 115 Å². The molecule has 0 bridgehead atoms. The number of benzene rings is 1. The van der Waals surface area contributed by atoms with Gasteiger partial charge in [0.2, 0.25) is 0 Å². The van der Waals surface area contributed by atoms with Crippen molar-refractivity contribution in [2.75, 3.05) is 7.11 Å². The van der Waals surface area contributed by atoms with Crippen molar-refractivity contribution in [2.45, 2.75) is 6.42 Å². The molecular formula is C16H12N2O2. The topological polar surface area (TPSA) is 55.0 Å². The molecule has 1 aromatic carbocycles. The van der Waals surface area contributed by atoms with E-state index in [2.05, 4.69) is 22.1 Å². The summed E-state index contributed by atoms with van der Waals surface area (Å²) in [5, 5.41) is 1.23. The van der Waals surface area contributed by atoms with Gasteiger partial charge in [0.15, 0.2) is 0 Å². The van der Waals surface area contributed by atoms with Crippen molar-refractivity contribution in [3.05, 3.63) is 53.5 Å². The molecule has 0 unspecified atom stereocenters. The minimum Gasteiger partial charge on any atom is -0.465 e. The zero-order valence-electron chi connectivity index (χ0n) is 10.9. The fourth-order valence-corrected chi connectivity index (χ4v) is 2.90. The molecule has 3 aromatic rings. The Hall–Kier alpha value is -2.62. The average Bonchev–Trinajstić information content (AvgIpc) is 2.91. The number of fused-ring (bicyclic) bond motifs is 2. The van der Waals surface area contributed by atoms with Gasteiger partial charge in [0, 0.05) is 35.3 Å². The highest BCUT2D eigenvalue weighted by Gasteiger charge is 2.21. The van der Waals surface area contributed by atoms with Gasteiger partial charge in [0.1, 0.15) is 0 Å². The van der Waals surface area contributed by atoms with Crippen LogP contribution in [-0.4, -0.2) is 23.0 Å². The van der Waals surface area contributed by atoms with Crippen LogP contribution in [0.5, 0.6) is 0 Å². The van der Waals surface area contributed by atoms with Crippen LogP contribution in [-0.2, 0) is 11.2 Å². The highest BCUT2D eigenvalue weighted by molar-refractivity contribution is 6.01. The van der Waals surface area contributed by atoms with Crippen LogP contribution in [0.3, 0.4) is 0 Å². The molecule has 1 aliphatic carbocycles. The van der Waals surface area contributed by atoms with Crippen LogP contribution in [0.25, 0.3) is 22.0 Å². The minimum absolute atomic E-state index is 0.354. The lowest BCUT2D eigenvalue weighted by Gasteiger charge is -2.17. The molecule has 0 aliphatic heterocycles. The number of H-pyrrole nitrogens is 1. The first kappa shape index (κ1) is 11.2. The molecule has 0 saturated heterocycles. The van der Waals surface area contributed by atoms with Crippen molar-refractivity contribution in [2.24, 2.45) is 0 Å². The molecule has 0 fully saturated rings. The van der Waals surface area contributed by atoms with E-state index in [1.54, 1.807) is 6.20 Å². The van der Waals surface area contributed by atoms with Crippen LogP contribution in [0.4, 0.5) is 0 Å². The third kappa shape index (κ3) is 1.42. The zero-order valence-corrected chi connectivity index (χ0v) is 10.9. The van der Waals surface area contributed by atoms with Gasteiger partial charge in [-0.25, -0.2) is 4.79 Å². The van der Waals surface area contributed by atoms with E-state index in [9.17, 15) is 4.79 Å². The number of aromatic amines is 1. The molecule has 1 aliphatic rings. The van der Waals surface area contributed by atoms with E-state index in [1.807, 2.05) is 18.3 Å². The molecule has 4 rings (SSSR count). The Balaban J connectivity index is 2.01. The number of nitrogens with one attached hydrogen (secondary N) is 1. The number of nitrogens with zero attached hydrogens (tertiary/aromatic N) is 1. The zero-order chi connectivity index (χ0) is 13.7. The maximum Gasteiger partial charge on any atom is 0.339 e. The molecule has 2 heterocycles. The molecule has 0 amide bonds. The largest absolute Gasteiger partial charge is 0.465 e. The molecule has 20 heavy (non-hydrogen) atoms. The second kappa shape index (κ2) is 3.93. The number of ether oxygens (including phenoxy) is 1. The third-order valence-corrected chi connectivity index (χ3v) is 3.83. The number of hydrogen-bond donors (Lipinski definition) is 1. The quantitative estimate of drug-likeness (QED) is 0.538. The number of hydrogen-bond acceptors (Lipinski definition) is 3. The minimum atomic E-state index is -0.354. The van der Waals surface area contributed by atoms with Gasteiger partial charge in [0.25, 0.3) is 0 Å². The van der Waals surface area contributed by atoms with Gasteiger partial charge in [0.05, 0.1) is 18.4 Å². The molecular weight excluding hydrogens is 252 g/mol. The van der Waals surface area contributed by atoms with E-state index >= 15 is 0 Å². The second-order valence-electron chi connectivity index (χ2n) is 4.93. The third-order valence-electron chi connectivity index (χ3n) is 3.83. The summed E-state index contributed by atoms with van der Waals surface area (Å²) >= 11 is 0. The van der Waals surface area contributed by atoms with Gasteiger partial charge in [-0.2, -0.15) is 0 Å². The number of carbonyl (C=O) groups is 1. The SMILES string of the molecule is COC(=O)c1cnc2c(c1)-c1cccc3[nH]cc(c13)C2. The molecule has 0 spiro atoms. The van der Waals surface area contributed by atoms with E-state index < -0.39 is 0 Å². The van der Waals surface area contributed by atoms with E-state index in [0.717, 1.165) is 28.8 Å². The first-order chi connectivity index (χ1) is 9.78. The maximum atomic E-state index is 11.7. The Morgan fingerprint density at radius 2 is 2.25 bits per heavy atom. The molecule has 0 radical (unpaired) electrons. The highest BCUT2D eigenvalue weighted by Crippen LogP contribution is 2.38. The van der Waals surface area contributed by atoms with E-state index in [0.29, 0.717) is 5.56 Å². The van der Waals surface area contributed by atoms with Crippen molar-refractivity contribution >= 4 is 16.9 Å². The first-order valence-corrected chi connectivity index (χ1v) is 6.44. The summed E-state index contributed by atoms with van der Waals surface area (Å²) in [6.45, 7) is 0. The predicted molar refractivity (Wildman–Crippen MR) is 75.7 cm³/mol. The summed E-state index contributed by atoms with van der Waals surface area (Å²) in [5.41, 5.74) is 6.00. The van der Waals surface area contributed by atoms with Crippen LogP contribution in [0.15, 0.2) is 36.7 Å². The van der Waals surface area contributed by atoms with E-state index in [4.69, 9.17) is 4.74 Å². The lowest BCUT2D eigenvalue weighted by molar-refractivity contribution is 0.0600. The molecule has 98 valence electrons. The standard InChI is InChI=1S/C16H12N2O2/c1-20-16(19)10-5-12-11-3-2-4-13-15(11)9(7-17-13)6-14(12)18-8-10/h2-5,7-8,17H,6H2,1H3. The molecule has 1 N–H and O–H groups in total. The van der Waals surface area contributed by atoms with Crippen LogP contribution >= 0.6 is 0 Å². The Bertz CT molecular complexity index is 849. The summed E-state index contributed by atoms with van der Waals surface area (Å²) in [6, 6.07) is 8.02. The van der Waals surface area contributed by atoms with Crippen molar-refractivity contribution in [1.82, 2.24) is 9.97 Å². The lowest BCUT2D eigenvalue weighted by Crippen LogP contribution is -2.07. The van der Waals surface area contributed by atoms with Crippen LogP contribution in [0.2, 0.25) is 0 Å². The van der Waals surface area contributed by atoms with Gasteiger partial charge < -0.3 is 9.72 Å². The van der Waals surface area contributed by atoms with Crippen molar-refractivity contribution < 1.29 is 9.53 Å². The van der Waals surface area contributed by atoms with Crippen molar-refractivity contribution in [3.8, 4) is 11.1 Å². The molecule has 4 heteroatoms. The van der Waals surface area contributed by atoms with E-state index in [-0.39, 0.29) is 5.97 Å². The van der Waals surface area contributed by atoms with Crippen molar-refractivity contribution in [1.29, 1.82) is 0 Å². The van der Waals surface area contributed by atoms with Crippen LogP contribution in [0.1, 0.15) is 21.6 Å². The van der Waals surface area contributed by atoms with Crippen LogP contribution < -0.4 is 0 Å². The molecule has 4 nitrogen and oxygen atoms in total. The summed E-state index contributed by atoms with van der Waals surface area (Å²) in [6.07, 6.45) is 4.41. The summed E-state index contributed by atoms with van der Waals surface area (Å²) < 4.78 is 4.77. The maximum absolute atomic E-state index is 11.7. The number of aromatic nitrogens is 2. The molecule has 2 aromatic heterocycles. The molecule has 0 atom stereocenters. The monoisotopic (exact) mass is 264 g/mol. The van der Waals surface area contributed by atoms with Crippen LogP contribution in [0, 0.1) is 0 Å². The predicted octanol–water partition coefficient (Wildman–Crippen LogP) is 2.92. The van der Waals surface area contributed by atoms with E-state index in [1.165, 1.54) is 18.1 Å². The fourth-order valence-electron chi connectivity index (χ4n) is 2.90. The number of methoxy groups -OCH3 is 1. The summed E-state index contributed by atoms with van der Waals surface area (Å²) in [4.78, 5) is 19.4. The summed E-state index contributed by atoms with van der Waals surface area (Å²) in [7, 11) is 1.38. The number of rotatable bonds is 1. The van der Waals surface area contributed by atoms with Gasteiger partial charge in [-0.15, -0.1) is 0 Å². The van der Waals surface area contributed by atoms with Gasteiger partial charge in [-0.05, 0) is 23.3 Å². The number of pyridine rings is 1. The smallest absolute Gasteiger partial charge is 0.339 e. The number of carbonyl (C=O) groups excluding carboxylic acids is 1. The van der Waals surface area contributed by atoms with Crippen molar-refractivity contribution in [3.63, 3.8) is 0 Å². The fraction of sp³-hybridized carbons (Fsp3) is 0.125. The highest BCUT2D eigenvalue weighted by atomic mass is 16.5. The Kier molecular flexibility index (Phi) is 2.21. The second-order valence-corrected chi connectivity index (χ2v) is 4.93. The summed E-state index contributed by atoms with van der Waals surface area (Å²) in [5.74, 6) is -0.354. The first-order valence-electron chi connectivity index (χ1n) is 6.44. The average molecular weight is 264 g/mol.